The maximum atomic E-state index is 10.3. The van der Waals surface area contributed by atoms with Crippen molar-refractivity contribution < 1.29 is 9.90 Å². The second-order valence-electron chi connectivity index (χ2n) is 4.14. The van der Waals surface area contributed by atoms with Crippen LogP contribution in [0.3, 0.4) is 0 Å². The normalized spacial score (nSPS) is 12.7. The number of hydrogen-bond acceptors (Lipinski definition) is 2. The van der Waals surface area contributed by atoms with E-state index < -0.39 is 5.97 Å². The summed E-state index contributed by atoms with van der Waals surface area (Å²) in [7, 11) is 0. The Morgan fingerprint density at radius 3 is 2.27 bits per heavy atom. The van der Waals surface area contributed by atoms with Crippen LogP contribution in [0.25, 0.3) is 0 Å². The second kappa shape index (κ2) is 10.3. The standard InChI is InChI=1S/C12H24O2S/c1-2-3-5-8-11(15)9-6-4-7-10-12(13)14/h11,15H,2-10H2,1H3,(H,13,14). The summed E-state index contributed by atoms with van der Waals surface area (Å²) in [6.45, 7) is 2.21. The van der Waals surface area contributed by atoms with Gasteiger partial charge >= 0.3 is 5.97 Å². The summed E-state index contributed by atoms with van der Waals surface area (Å²) in [4.78, 5) is 10.3. The summed E-state index contributed by atoms with van der Waals surface area (Å²) in [6, 6.07) is 0. The zero-order chi connectivity index (χ0) is 11.5. The number of hydrogen-bond donors (Lipinski definition) is 2. The van der Waals surface area contributed by atoms with Crippen LogP contribution in [0, 0.1) is 0 Å². The molecule has 90 valence electrons. The summed E-state index contributed by atoms with van der Waals surface area (Å²) >= 11 is 4.53. The van der Waals surface area contributed by atoms with E-state index in [0.29, 0.717) is 11.7 Å². The fourth-order valence-corrected chi connectivity index (χ4v) is 1.97. The number of carbonyl (C=O) groups is 1. The van der Waals surface area contributed by atoms with E-state index in [4.69, 9.17) is 5.11 Å². The molecule has 2 nitrogen and oxygen atoms in total. The van der Waals surface area contributed by atoms with Gasteiger partial charge in [0.2, 0.25) is 0 Å². The van der Waals surface area contributed by atoms with Gasteiger partial charge < -0.3 is 5.11 Å². The lowest BCUT2D eigenvalue weighted by Gasteiger charge is -2.09. The molecule has 15 heavy (non-hydrogen) atoms. The molecule has 0 bridgehead atoms. The lowest BCUT2D eigenvalue weighted by Crippen LogP contribution is -1.99. The smallest absolute Gasteiger partial charge is 0.303 e. The second-order valence-corrected chi connectivity index (χ2v) is 4.87. The number of rotatable bonds is 10. The molecule has 0 saturated heterocycles. The van der Waals surface area contributed by atoms with Crippen LogP contribution < -0.4 is 0 Å². The molecule has 0 aliphatic carbocycles. The van der Waals surface area contributed by atoms with Gasteiger partial charge in [-0.15, -0.1) is 0 Å². The summed E-state index contributed by atoms with van der Waals surface area (Å²) in [6.07, 6.45) is 9.44. The van der Waals surface area contributed by atoms with Crippen LogP contribution in [0.1, 0.15) is 64.7 Å². The lowest BCUT2D eigenvalue weighted by atomic mass is 10.1. The molecule has 0 radical (unpaired) electrons. The van der Waals surface area contributed by atoms with Crippen LogP contribution in [0.5, 0.6) is 0 Å². The van der Waals surface area contributed by atoms with Crippen molar-refractivity contribution in [3.63, 3.8) is 0 Å². The maximum absolute atomic E-state index is 10.3. The zero-order valence-corrected chi connectivity index (χ0v) is 10.6. The van der Waals surface area contributed by atoms with Crippen molar-refractivity contribution in [2.45, 2.75) is 70.0 Å². The summed E-state index contributed by atoms with van der Waals surface area (Å²) in [5.74, 6) is -0.680. The number of thiol groups is 1. The van der Waals surface area contributed by atoms with E-state index in [1.165, 1.54) is 25.7 Å². The topological polar surface area (TPSA) is 37.3 Å². The highest BCUT2D eigenvalue weighted by molar-refractivity contribution is 7.80. The van der Waals surface area contributed by atoms with Crippen LogP contribution >= 0.6 is 12.6 Å². The molecule has 3 heteroatoms. The van der Waals surface area contributed by atoms with Crippen LogP contribution in [-0.2, 0) is 4.79 Å². The summed E-state index contributed by atoms with van der Waals surface area (Å²) < 4.78 is 0. The predicted octanol–water partition coefficient (Wildman–Crippen LogP) is 3.90. The van der Waals surface area contributed by atoms with Crippen molar-refractivity contribution in [3.8, 4) is 0 Å². The molecular weight excluding hydrogens is 208 g/mol. The van der Waals surface area contributed by atoms with Crippen LogP contribution in [0.15, 0.2) is 0 Å². The van der Waals surface area contributed by atoms with Crippen molar-refractivity contribution in [3.05, 3.63) is 0 Å². The predicted molar refractivity (Wildman–Crippen MR) is 67.6 cm³/mol. The molecule has 0 heterocycles. The lowest BCUT2D eigenvalue weighted by molar-refractivity contribution is -0.137. The van der Waals surface area contributed by atoms with Gasteiger partial charge in [-0.2, -0.15) is 12.6 Å². The third kappa shape index (κ3) is 11.7. The molecule has 0 aromatic rings. The Labute approximate surface area is 98.9 Å². The fourth-order valence-electron chi connectivity index (χ4n) is 1.61. The number of carboxylic acids is 1. The molecule has 0 amide bonds. The SMILES string of the molecule is CCCCCC(S)CCCCCC(=O)O. The highest BCUT2D eigenvalue weighted by Crippen LogP contribution is 2.16. The Hall–Kier alpha value is -0.180. The van der Waals surface area contributed by atoms with E-state index in [1.54, 1.807) is 0 Å². The Balaban J connectivity index is 3.16. The molecule has 1 unspecified atom stereocenters. The Morgan fingerprint density at radius 1 is 1.13 bits per heavy atom. The first-order valence-corrected chi connectivity index (χ1v) is 6.58. The van der Waals surface area contributed by atoms with E-state index in [1.807, 2.05) is 0 Å². The molecule has 0 aliphatic rings. The van der Waals surface area contributed by atoms with Gasteiger partial charge in [-0.05, 0) is 19.3 Å². The van der Waals surface area contributed by atoms with Crippen molar-refractivity contribution >= 4 is 18.6 Å². The first-order valence-electron chi connectivity index (χ1n) is 6.06. The molecule has 1 atom stereocenters. The number of carboxylic acid groups (broad SMARTS) is 1. The first kappa shape index (κ1) is 14.8. The molecular formula is C12H24O2S. The van der Waals surface area contributed by atoms with Crippen molar-refractivity contribution in [2.75, 3.05) is 0 Å². The highest BCUT2D eigenvalue weighted by Gasteiger charge is 2.03. The third-order valence-corrected chi connectivity index (χ3v) is 3.09. The van der Waals surface area contributed by atoms with Crippen molar-refractivity contribution in [2.24, 2.45) is 0 Å². The monoisotopic (exact) mass is 232 g/mol. The molecule has 0 aliphatic heterocycles. The van der Waals surface area contributed by atoms with Crippen molar-refractivity contribution in [1.29, 1.82) is 0 Å². The maximum Gasteiger partial charge on any atom is 0.303 e. The average Bonchev–Trinajstić information content (AvgIpc) is 2.17. The van der Waals surface area contributed by atoms with Crippen LogP contribution in [0.4, 0.5) is 0 Å². The summed E-state index contributed by atoms with van der Waals surface area (Å²) in [5, 5.41) is 8.97. The zero-order valence-electron chi connectivity index (χ0n) is 9.74. The number of unbranched alkanes of at least 4 members (excludes halogenated alkanes) is 4. The molecule has 0 aromatic heterocycles. The minimum Gasteiger partial charge on any atom is -0.481 e. The van der Waals surface area contributed by atoms with Gasteiger partial charge in [0, 0.05) is 11.7 Å². The largest absolute Gasteiger partial charge is 0.481 e. The van der Waals surface area contributed by atoms with Gasteiger partial charge in [-0.1, -0.05) is 39.0 Å². The van der Waals surface area contributed by atoms with Gasteiger partial charge in [-0.25, -0.2) is 0 Å². The van der Waals surface area contributed by atoms with Gasteiger partial charge in [0.15, 0.2) is 0 Å². The Kier molecular flexibility index (Phi) is 10.2. The van der Waals surface area contributed by atoms with E-state index >= 15 is 0 Å². The molecule has 0 fully saturated rings. The number of aliphatic carboxylic acids is 1. The minimum absolute atomic E-state index is 0.313. The summed E-state index contributed by atoms with van der Waals surface area (Å²) in [5.41, 5.74) is 0. The highest BCUT2D eigenvalue weighted by atomic mass is 32.1. The molecule has 0 saturated carbocycles. The Bertz CT molecular complexity index is 160. The van der Waals surface area contributed by atoms with E-state index in [0.717, 1.165) is 25.7 Å². The molecule has 0 aromatic carbocycles. The molecule has 1 N–H and O–H groups in total. The molecule has 0 spiro atoms. The first-order chi connectivity index (χ1) is 7.16. The third-order valence-electron chi connectivity index (χ3n) is 2.57. The van der Waals surface area contributed by atoms with Gasteiger partial charge in [0.25, 0.3) is 0 Å². The van der Waals surface area contributed by atoms with Gasteiger partial charge in [0.05, 0.1) is 0 Å². The Morgan fingerprint density at radius 2 is 1.73 bits per heavy atom. The van der Waals surface area contributed by atoms with E-state index in [2.05, 4.69) is 19.6 Å². The van der Waals surface area contributed by atoms with Crippen molar-refractivity contribution in [1.82, 2.24) is 0 Å². The average molecular weight is 232 g/mol. The van der Waals surface area contributed by atoms with Crippen LogP contribution in [-0.4, -0.2) is 16.3 Å². The fraction of sp³-hybridized carbons (Fsp3) is 0.917. The quantitative estimate of drug-likeness (QED) is 0.443. The van der Waals surface area contributed by atoms with Crippen LogP contribution in [0.2, 0.25) is 0 Å². The minimum atomic E-state index is -0.680. The van der Waals surface area contributed by atoms with Gasteiger partial charge in [0.1, 0.15) is 0 Å². The van der Waals surface area contributed by atoms with E-state index in [9.17, 15) is 4.79 Å². The van der Waals surface area contributed by atoms with Gasteiger partial charge in [-0.3, -0.25) is 4.79 Å². The van der Waals surface area contributed by atoms with E-state index in [-0.39, 0.29) is 0 Å². The molecule has 0 rings (SSSR count).